The first-order chi connectivity index (χ1) is 13.8. The maximum Gasteiger partial charge on any atom is 0.308 e. The average molecular weight is 422 g/mol. The first-order valence-electron chi connectivity index (χ1n) is 9.64. The van der Waals surface area contributed by atoms with Crippen LogP contribution in [-0.2, 0) is 14.3 Å². The van der Waals surface area contributed by atoms with Crippen LogP contribution in [0.4, 0.5) is 0 Å². The molecule has 0 radical (unpaired) electrons. The summed E-state index contributed by atoms with van der Waals surface area (Å²) in [4.78, 5) is 38.6. The number of thiocarbonyl (C=S) groups is 1. The van der Waals surface area contributed by atoms with Gasteiger partial charge in [-0.3, -0.25) is 19.7 Å². The Morgan fingerprint density at radius 2 is 2.07 bits per heavy atom. The highest BCUT2D eigenvalue weighted by Gasteiger charge is 2.34. The molecule has 9 heteroatoms. The van der Waals surface area contributed by atoms with E-state index in [1.165, 1.54) is 0 Å². The Kier molecular flexibility index (Phi) is 8.38. The number of carbonyl (C=O) groups is 3. The number of amides is 2. The fourth-order valence-electron chi connectivity index (χ4n) is 2.84. The van der Waals surface area contributed by atoms with Crippen molar-refractivity contribution in [2.24, 2.45) is 0 Å². The van der Waals surface area contributed by atoms with E-state index in [0.29, 0.717) is 37.4 Å². The summed E-state index contributed by atoms with van der Waals surface area (Å²) in [6.45, 7) is 6.66. The molecule has 1 unspecified atom stereocenters. The minimum atomic E-state index is -0.830. The second-order valence-corrected chi connectivity index (χ2v) is 7.23. The van der Waals surface area contributed by atoms with E-state index < -0.39 is 17.9 Å². The number of esters is 1. The number of hydrogen-bond acceptors (Lipinski definition) is 6. The van der Waals surface area contributed by atoms with Crippen LogP contribution >= 0.6 is 12.2 Å². The van der Waals surface area contributed by atoms with E-state index in [-0.39, 0.29) is 23.5 Å². The Morgan fingerprint density at radius 3 is 2.76 bits per heavy atom. The summed E-state index contributed by atoms with van der Waals surface area (Å²) in [6, 6.07) is 6.02. The molecule has 1 heterocycles. The van der Waals surface area contributed by atoms with Gasteiger partial charge in [0, 0.05) is 13.1 Å². The predicted octanol–water partition coefficient (Wildman–Crippen LogP) is 1.63. The lowest BCUT2D eigenvalue weighted by atomic mass is 10.1. The lowest BCUT2D eigenvalue weighted by Gasteiger charge is -2.36. The zero-order valence-electron chi connectivity index (χ0n) is 16.9. The van der Waals surface area contributed by atoms with Crippen LogP contribution in [0, 0.1) is 0 Å². The van der Waals surface area contributed by atoms with Gasteiger partial charge in [0.25, 0.3) is 5.91 Å². The maximum absolute atomic E-state index is 12.8. The third-order valence-corrected chi connectivity index (χ3v) is 4.47. The minimum absolute atomic E-state index is 0.0810. The first kappa shape index (κ1) is 22.6. The van der Waals surface area contributed by atoms with Crippen molar-refractivity contribution in [2.45, 2.75) is 45.8 Å². The summed E-state index contributed by atoms with van der Waals surface area (Å²) in [7, 11) is 0. The maximum atomic E-state index is 12.8. The Labute approximate surface area is 175 Å². The van der Waals surface area contributed by atoms with Crippen LogP contribution in [0.5, 0.6) is 5.75 Å². The van der Waals surface area contributed by atoms with E-state index in [2.05, 4.69) is 10.6 Å². The normalized spacial score (nSPS) is 16.2. The highest BCUT2D eigenvalue weighted by atomic mass is 32.1. The third-order valence-electron chi connectivity index (χ3n) is 4.13. The molecule has 1 fully saturated rings. The lowest BCUT2D eigenvalue weighted by molar-refractivity contribution is -0.147. The van der Waals surface area contributed by atoms with E-state index >= 15 is 0 Å². The topological polar surface area (TPSA) is 97.0 Å². The van der Waals surface area contributed by atoms with E-state index in [9.17, 15) is 14.4 Å². The Hall–Kier alpha value is -2.68. The van der Waals surface area contributed by atoms with Crippen molar-refractivity contribution in [2.75, 3.05) is 19.7 Å². The van der Waals surface area contributed by atoms with E-state index in [0.717, 1.165) is 0 Å². The standard InChI is InChI=1S/C20H27N3O5S/c1-4-11-27-17(24)12-15-19(26)21-9-10-23(15)20(29)22-18(25)14-7-5-6-8-16(14)28-13(2)3/h5-8,13,15H,4,9-12H2,1-3H3,(H,21,26)(H,22,25,29). The van der Waals surface area contributed by atoms with Crippen LogP contribution in [0.15, 0.2) is 24.3 Å². The van der Waals surface area contributed by atoms with Crippen LogP contribution in [0.1, 0.15) is 44.0 Å². The molecule has 0 aromatic heterocycles. The van der Waals surface area contributed by atoms with Gasteiger partial charge < -0.3 is 19.7 Å². The zero-order chi connectivity index (χ0) is 21.4. The SMILES string of the molecule is CCCOC(=O)CC1C(=O)NCCN1C(=S)NC(=O)c1ccccc1OC(C)C. The highest BCUT2D eigenvalue weighted by Crippen LogP contribution is 2.19. The summed E-state index contributed by atoms with van der Waals surface area (Å²) in [6.07, 6.45) is 0.452. The van der Waals surface area contributed by atoms with Crippen molar-refractivity contribution in [3.63, 3.8) is 0 Å². The summed E-state index contributed by atoms with van der Waals surface area (Å²) in [5, 5.41) is 5.45. The molecule has 0 spiro atoms. The van der Waals surface area contributed by atoms with E-state index in [1.54, 1.807) is 29.2 Å². The first-order valence-corrected chi connectivity index (χ1v) is 10.0. The van der Waals surface area contributed by atoms with Gasteiger partial charge in [-0.05, 0) is 44.6 Å². The largest absolute Gasteiger partial charge is 0.490 e. The van der Waals surface area contributed by atoms with Gasteiger partial charge in [0.15, 0.2) is 5.11 Å². The van der Waals surface area contributed by atoms with Gasteiger partial charge in [0.1, 0.15) is 11.8 Å². The zero-order valence-corrected chi connectivity index (χ0v) is 17.7. The average Bonchev–Trinajstić information content (AvgIpc) is 2.67. The summed E-state index contributed by atoms with van der Waals surface area (Å²) >= 11 is 5.37. The highest BCUT2D eigenvalue weighted by molar-refractivity contribution is 7.80. The van der Waals surface area contributed by atoms with Crippen molar-refractivity contribution in [3.05, 3.63) is 29.8 Å². The minimum Gasteiger partial charge on any atom is -0.490 e. The van der Waals surface area contributed by atoms with Gasteiger partial charge in [0.2, 0.25) is 5.91 Å². The predicted molar refractivity (Wildman–Crippen MR) is 112 cm³/mol. The molecule has 158 valence electrons. The fourth-order valence-corrected chi connectivity index (χ4v) is 3.15. The van der Waals surface area contributed by atoms with Crippen molar-refractivity contribution < 1.29 is 23.9 Å². The smallest absolute Gasteiger partial charge is 0.308 e. The molecule has 0 saturated carbocycles. The van der Waals surface area contributed by atoms with Crippen molar-refractivity contribution >= 4 is 35.1 Å². The van der Waals surface area contributed by atoms with Gasteiger partial charge in [-0.25, -0.2) is 0 Å². The Balaban J connectivity index is 2.10. The van der Waals surface area contributed by atoms with Crippen LogP contribution in [0.2, 0.25) is 0 Å². The molecule has 8 nitrogen and oxygen atoms in total. The van der Waals surface area contributed by atoms with Gasteiger partial charge in [-0.2, -0.15) is 0 Å². The molecule has 1 aliphatic rings. The number of para-hydroxylation sites is 1. The number of piperazine rings is 1. The molecule has 2 rings (SSSR count). The molecule has 0 aliphatic carbocycles. The lowest BCUT2D eigenvalue weighted by Crippen LogP contribution is -2.60. The van der Waals surface area contributed by atoms with Crippen molar-refractivity contribution in [1.82, 2.24) is 15.5 Å². The van der Waals surface area contributed by atoms with Crippen LogP contribution in [0.3, 0.4) is 0 Å². The second kappa shape index (κ2) is 10.8. The summed E-state index contributed by atoms with van der Waals surface area (Å²) < 4.78 is 10.8. The van der Waals surface area contributed by atoms with E-state index in [4.69, 9.17) is 21.7 Å². The number of nitrogens with one attached hydrogen (secondary N) is 2. The Morgan fingerprint density at radius 1 is 1.34 bits per heavy atom. The van der Waals surface area contributed by atoms with Gasteiger partial charge in [-0.1, -0.05) is 19.1 Å². The van der Waals surface area contributed by atoms with Gasteiger partial charge in [0.05, 0.1) is 24.7 Å². The van der Waals surface area contributed by atoms with Crippen molar-refractivity contribution in [3.8, 4) is 5.75 Å². The molecule has 1 aromatic carbocycles. The molecule has 29 heavy (non-hydrogen) atoms. The van der Waals surface area contributed by atoms with Crippen molar-refractivity contribution in [1.29, 1.82) is 0 Å². The Bertz CT molecular complexity index is 768. The number of ether oxygens (including phenoxy) is 2. The monoisotopic (exact) mass is 421 g/mol. The number of carbonyl (C=O) groups excluding carboxylic acids is 3. The fraction of sp³-hybridized carbons (Fsp3) is 0.500. The molecule has 2 amide bonds. The molecule has 1 aromatic rings. The van der Waals surface area contributed by atoms with Gasteiger partial charge in [-0.15, -0.1) is 0 Å². The van der Waals surface area contributed by atoms with Gasteiger partial charge >= 0.3 is 5.97 Å². The van der Waals surface area contributed by atoms with E-state index in [1.807, 2.05) is 20.8 Å². The molecule has 0 bridgehead atoms. The molecule has 2 N–H and O–H groups in total. The molecule has 1 saturated heterocycles. The molecular formula is C20H27N3O5S. The number of benzene rings is 1. The van der Waals surface area contributed by atoms with Crippen LogP contribution < -0.4 is 15.4 Å². The second-order valence-electron chi connectivity index (χ2n) is 6.85. The summed E-state index contributed by atoms with van der Waals surface area (Å²) in [5.74, 6) is -0.808. The third kappa shape index (κ3) is 6.42. The summed E-state index contributed by atoms with van der Waals surface area (Å²) in [5.41, 5.74) is 0.337. The molecular weight excluding hydrogens is 394 g/mol. The van der Waals surface area contributed by atoms with Crippen LogP contribution in [-0.4, -0.2) is 59.6 Å². The molecule has 1 atom stereocenters. The quantitative estimate of drug-likeness (QED) is 0.510. The number of nitrogens with zero attached hydrogens (tertiary/aromatic N) is 1. The molecule has 1 aliphatic heterocycles. The number of rotatable bonds is 7. The number of hydrogen-bond donors (Lipinski definition) is 2. The van der Waals surface area contributed by atoms with Crippen LogP contribution in [0.25, 0.3) is 0 Å².